The zero-order valence-electron chi connectivity index (χ0n) is 44.8. The summed E-state index contributed by atoms with van der Waals surface area (Å²) in [5.41, 5.74) is 1.12. The molecule has 0 saturated carbocycles. The lowest BCUT2D eigenvalue weighted by atomic mass is 10.0. The van der Waals surface area contributed by atoms with Gasteiger partial charge >= 0.3 is 0 Å². The Bertz CT molecular complexity index is 1170. The molecule has 0 atom stereocenters. The number of rotatable bonds is 53. The van der Waals surface area contributed by atoms with E-state index >= 15 is 0 Å². The van der Waals surface area contributed by atoms with Crippen molar-refractivity contribution in [3.8, 4) is 5.75 Å². The summed E-state index contributed by atoms with van der Waals surface area (Å²) in [6, 6.07) is 5.39. The third-order valence-electron chi connectivity index (χ3n) is 14.1. The van der Waals surface area contributed by atoms with E-state index in [2.05, 4.69) is 31.4 Å². The Hall–Kier alpha value is -2.04. The first-order valence-electron chi connectivity index (χ1n) is 30.0. The monoisotopic (exact) mass is 923 g/mol. The van der Waals surface area contributed by atoms with Gasteiger partial charge in [-0.2, -0.15) is 0 Å². The van der Waals surface area contributed by atoms with Gasteiger partial charge in [0.2, 0.25) is 0 Å². The molecule has 0 fully saturated rings. The number of hydrogen-bond acceptors (Lipinski definition) is 3. The summed E-state index contributed by atoms with van der Waals surface area (Å²) in [6.07, 6.45) is 63.0. The first kappa shape index (κ1) is 62.0. The fourth-order valence-corrected chi connectivity index (χ4v) is 9.57. The molecule has 1 aromatic carbocycles. The van der Waals surface area contributed by atoms with Gasteiger partial charge in [0.25, 0.3) is 11.8 Å². The van der Waals surface area contributed by atoms with Crippen LogP contribution >= 0.6 is 0 Å². The number of ether oxygens (including phenoxy) is 1. The van der Waals surface area contributed by atoms with Gasteiger partial charge in [-0.3, -0.25) is 9.59 Å². The van der Waals surface area contributed by atoms with Crippen LogP contribution in [-0.2, 0) is 0 Å². The molecule has 0 aliphatic heterocycles. The van der Waals surface area contributed by atoms with E-state index in [1.165, 1.54) is 263 Å². The molecule has 1 aromatic rings. The fourth-order valence-electron chi connectivity index (χ4n) is 9.57. The second-order valence-corrected chi connectivity index (χ2v) is 20.6. The molecule has 66 heavy (non-hydrogen) atoms. The minimum absolute atomic E-state index is 0.0774. The molecule has 0 unspecified atom stereocenters. The van der Waals surface area contributed by atoms with Gasteiger partial charge in [-0.15, -0.1) is 0 Å². The highest BCUT2D eigenvalue weighted by Gasteiger charge is 2.16. The highest BCUT2D eigenvalue weighted by atomic mass is 16.5. The van der Waals surface area contributed by atoms with Crippen LogP contribution in [0.4, 0.5) is 0 Å². The molecule has 1 rings (SSSR count). The summed E-state index contributed by atoms with van der Waals surface area (Å²) in [7, 11) is 0. The summed E-state index contributed by atoms with van der Waals surface area (Å²) < 4.78 is 6.26. The van der Waals surface area contributed by atoms with E-state index in [1.54, 1.807) is 18.2 Å². The SMILES string of the molecule is CCCCCCCCCCCCCCCCCCCCCNC(=O)c1ccc(C(=O)NCCCCCCCCCCCCCCCCCCCCC)c(OCCCCCCCCCCC)c1. The van der Waals surface area contributed by atoms with Crippen LogP contribution < -0.4 is 15.4 Å². The maximum atomic E-state index is 13.4. The molecule has 5 heteroatoms. The van der Waals surface area contributed by atoms with E-state index in [-0.39, 0.29) is 11.8 Å². The summed E-state index contributed by atoms with van der Waals surface area (Å²) in [4.78, 5) is 26.6. The topological polar surface area (TPSA) is 67.4 Å². The first-order valence-corrected chi connectivity index (χ1v) is 30.0. The molecule has 2 amide bonds. The molecular weight excluding hydrogens is 809 g/mol. The van der Waals surface area contributed by atoms with E-state index in [0.717, 1.165) is 38.5 Å². The number of benzene rings is 1. The van der Waals surface area contributed by atoms with Crippen LogP contribution in [0.25, 0.3) is 0 Å². The van der Waals surface area contributed by atoms with Crippen molar-refractivity contribution in [1.82, 2.24) is 10.6 Å². The molecule has 0 heterocycles. The predicted molar refractivity (Wildman–Crippen MR) is 291 cm³/mol. The van der Waals surface area contributed by atoms with Crippen molar-refractivity contribution in [3.05, 3.63) is 29.3 Å². The summed E-state index contributed by atoms with van der Waals surface area (Å²) in [5.74, 6) is 0.364. The molecule has 386 valence electrons. The Kier molecular flexibility index (Phi) is 47.7. The number of nitrogens with one attached hydrogen (secondary N) is 2. The van der Waals surface area contributed by atoms with Crippen LogP contribution in [0.2, 0.25) is 0 Å². The second kappa shape index (κ2) is 50.8. The summed E-state index contributed by atoms with van der Waals surface area (Å²) in [5, 5.41) is 6.29. The van der Waals surface area contributed by atoms with Gasteiger partial charge in [-0.1, -0.05) is 303 Å². The quantitative estimate of drug-likeness (QED) is 0.0640. The van der Waals surface area contributed by atoms with Gasteiger partial charge in [0, 0.05) is 18.7 Å². The average Bonchev–Trinajstić information content (AvgIpc) is 3.33. The Labute approximate surface area is 412 Å². The van der Waals surface area contributed by atoms with E-state index < -0.39 is 0 Å². The zero-order chi connectivity index (χ0) is 47.5. The maximum Gasteiger partial charge on any atom is 0.255 e. The van der Waals surface area contributed by atoms with Gasteiger partial charge in [-0.25, -0.2) is 0 Å². The minimum atomic E-state index is -0.0967. The molecule has 0 radical (unpaired) electrons. The third-order valence-corrected chi connectivity index (χ3v) is 14.1. The van der Waals surface area contributed by atoms with Crippen molar-refractivity contribution >= 4 is 11.8 Å². The molecule has 0 bridgehead atoms. The smallest absolute Gasteiger partial charge is 0.255 e. The van der Waals surface area contributed by atoms with E-state index in [4.69, 9.17) is 4.74 Å². The van der Waals surface area contributed by atoms with Crippen LogP contribution in [0.1, 0.15) is 343 Å². The number of hydrogen-bond donors (Lipinski definition) is 2. The fraction of sp³-hybridized carbons (Fsp3) is 0.869. The zero-order valence-corrected chi connectivity index (χ0v) is 44.8. The largest absolute Gasteiger partial charge is 0.493 e. The second-order valence-electron chi connectivity index (χ2n) is 20.6. The van der Waals surface area contributed by atoms with Crippen molar-refractivity contribution in [2.75, 3.05) is 19.7 Å². The van der Waals surface area contributed by atoms with E-state index in [9.17, 15) is 9.59 Å². The van der Waals surface area contributed by atoms with Crippen LogP contribution in [0.15, 0.2) is 18.2 Å². The van der Waals surface area contributed by atoms with Crippen LogP contribution in [0, 0.1) is 0 Å². The normalized spacial score (nSPS) is 11.4. The highest BCUT2D eigenvalue weighted by molar-refractivity contribution is 6.00. The highest BCUT2D eigenvalue weighted by Crippen LogP contribution is 2.23. The van der Waals surface area contributed by atoms with Crippen molar-refractivity contribution in [1.29, 1.82) is 0 Å². The number of carbonyl (C=O) groups excluding carboxylic acids is 2. The lowest BCUT2D eigenvalue weighted by molar-refractivity contribution is 0.0937. The van der Waals surface area contributed by atoms with E-state index in [1.807, 2.05) is 0 Å². The maximum absolute atomic E-state index is 13.4. The number of amides is 2. The van der Waals surface area contributed by atoms with Crippen LogP contribution in [0.3, 0.4) is 0 Å². The Morgan fingerprint density at radius 3 is 0.894 bits per heavy atom. The van der Waals surface area contributed by atoms with Gasteiger partial charge in [0.15, 0.2) is 0 Å². The van der Waals surface area contributed by atoms with Gasteiger partial charge in [0.05, 0.1) is 12.2 Å². The van der Waals surface area contributed by atoms with Crippen molar-refractivity contribution in [2.24, 2.45) is 0 Å². The van der Waals surface area contributed by atoms with Crippen molar-refractivity contribution in [2.45, 2.75) is 323 Å². The summed E-state index contributed by atoms with van der Waals surface area (Å²) in [6.45, 7) is 8.79. The molecule has 0 aromatic heterocycles. The van der Waals surface area contributed by atoms with Crippen LogP contribution in [-0.4, -0.2) is 31.5 Å². The molecule has 5 nitrogen and oxygen atoms in total. The van der Waals surface area contributed by atoms with E-state index in [0.29, 0.717) is 36.6 Å². The van der Waals surface area contributed by atoms with Gasteiger partial charge in [-0.05, 0) is 37.5 Å². The molecule has 0 aliphatic rings. The standard InChI is InChI=1S/C61H114N2O3/c1-4-7-10-13-16-19-21-23-25-27-29-31-33-35-37-39-42-45-48-53-62-60(64)57-51-52-58(59(56-57)66-55-50-47-44-41-18-15-12-9-6-3)61(65)63-54-49-46-43-40-38-36-34-32-30-28-26-24-22-20-17-14-11-8-5-2/h51-52,56H,4-50,53-55H2,1-3H3,(H,62,64)(H,63,65). The lowest BCUT2D eigenvalue weighted by Gasteiger charge is -2.14. The Morgan fingerprint density at radius 2 is 0.591 bits per heavy atom. The molecule has 2 N–H and O–H groups in total. The third kappa shape index (κ3) is 41.0. The van der Waals surface area contributed by atoms with Crippen molar-refractivity contribution in [3.63, 3.8) is 0 Å². The van der Waals surface area contributed by atoms with Gasteiger partial charge < -0.3 is 15.4 Å². The molecule has 0 aliphatic carbocycles. The van der Waals surface area contributed by atoms with Crippen LogP contribution in [0.5, 0.6) is 5.75 Å². The molecule has 0 spiro atoms. The average molecular weight is 924 g/mol. The van der Waals surface area contributed by atoms with Crippen molar-refractivity contribution < 1.29 is 14.3 Å². The Balaban J connectivity index is 2.28. The Morgan fingerprint density at radius 1 is 0.333 bits per heavy atom. The minimum Gasteiger partial charge on any atom is -0.493 e. The molecular formula is C61H114N2O3. The number of unbranched alkanes of at least 4 members (excludes halogenated alkanes) is 44. The lowest BCUT2D eigenvalue weighted by Crippen LogP contribution is -2.26. The molecule has 0 saturated heterocycles. The van der Waals surface area contributed by atoms with Gasteiger partial charge in [0.1, 0.15) is 5.75 Å². The first-order chi connectivity index (χ1) is 32.6. The summed E-state index contributed by atoms with van der Waals surface area (Å²) >= 11 is 0. The number of carbonyl (C=O) groups is 2. The predicted octanol–water partition coefficient (Wildman–Crippen LogP) is 19.9.